The summed E-state index contributed by atoms with van der Waals surface area (Å²) < 4.78 is 10.6. The topological polar surface area (TPSA) is 55.8 Å². The molecule has 1 aromatic heterocycles. The second-order valence-electron chi connectivity index (χ2n) is 5.77. The minimum Gasteiger partial charge on any atom is -0.454 e. The third-order valence-corrected chi connectivity index (χ3v) is 4.91. The number of aryl methyl sites for hydroxylation is 1. The molecular weight excluding hydrogens is 326 g/mol. The molecule has 24 heavy (non-hydrogen) atoms. The van der Waals surface area contributed by atoms with Gasteiger partial charge < -0.3 is 14.4 Å². The first-order valence-corrected chi connectivity index (χ1v) is 8.57. The van der Waals surface area contributed by atoms with Crippen molar-refractivity contribution in [2.75, 3.05) is 13.8 Å². The Hall–Kier alpha value is -2.34. The fraction of sp³-hybridized carbons (Fsp3) is 0.333. The van der Waals surface area contributed by atoms with Crippen LogP contribution in [0.25, 0.3) is 0 Å². The van der Waals surface area contributed by atoms with Gasteiger partial charge in [-0.15, -0.1) is 11.3 Å². The van der Waals surface area contributed by atoms with E-state index in [1.165, 1.54) is 11.3 Å². The SMILES string of the molecule is Cc1ccc(C(=O)CCC(=O)N(C)Cc2ccc3c(c2)OCO3)s1. The number of ether oxygens (including phenoxy) is 2. The lowest BCUT2D eigenvalue weighted by molar-refractivity contribution is -0.130. The Labute approximate surface area is 144 Å². The summed E-state index contributed by atoms with van der Waals surface area (Å²) in [5.74, 6) is 1.41. The molecule has 1 aliphatic heterocycles. The maximum absolute atomic E-state index is 12.2. The summed E-state index contributed by atoms with van der Waals surface area (Å²) in [5.41, 5.74) is 0.968. The number of Topliss-reactive ketones (excluding diaryl/α,β-unsaturated/α-hetero) is 1. The van der Waals surface area contributed by atoms with E-state index in [0.717, 1.165) is 21.1 Å². The lowest BCUT2D eigenvalue weighted by atomic mass is 10.1. The highest BCUT2D eigenvalue weighted by Gasteiger charge is 2.17. The molecule has 0 aliphatic carbocycles. The highest BCUT2D eigenvalue weighted by molar-refractivity contribution is 7.14. The molecule has 0 fully saturated rings. The van der Waals surface area contributed by atoms with Crippen LogP contribution in [0, 0.1) is 6.92 Å². The van der Waals surface area contributed by atoms with Crippen LogP contribution in [0.3, 0.4) is 0 Å². The first-order valence-electron chi connectivity index (χ1n) is 7.75. The van der Waals surface area contributed by atoms with E-state index in [4.69, 9.17) is 9.47 Å². The molecule has 0 atom stereocenters. The Bertz CT molecular complexity index is 768. The summed E-state index contributed by atoms with van der Waals surface area (Å²) in [6.45, 7) is 2.67. The molecule has 0 bridgehead atoms. The number of ketones is 1. The highest BCUT2D eigenvalue weighted by Crippen LogP contribution is 2.32. The summed E-state index contributed by atoms with van der Waals surface area (Å²) >= 11 is 1.47. The summed E-state index contributed by atoms with van der Waals surface area (Å²) in [7, 11) is 1.74. The molecule has 2 aromatic rings. The van der Waals surface area contributed by atoms with Crippen LogP contribution < -0.4 is 9.47 Å². The zero-order valence-electron chi connectivity index (χ0n) is 13.7. The van der Waals surface area contributed by atoms with Gasteiger partial charge in [-0.25, -0.2) is 0 Å². The molecule has 0 spiro atoms. The quantitative estimate of drug-likeness (QED) is 0.753. The molecule has 2 heterocycles. The predicted octanol–water partition coefficient (Wildman–Crippen LogP) is 3.41. The summed E-state index contributed by atoms with van der Waals surface area (Å²) in [6.07, 6.45) is 0.459. The number of amides is 1. The smallest absolute Gasteiger partial charge is 0.231 e. The second kappa shape index (κ2) is 7.05. The van der Waals surface area contributed by atoms with Gasteiger partial charge in [0.05, 0.1) is 4.88 Å². The van der Waals surface area contributed by atoms with Crippen LogP contribution in [0.15, 0.2) is 30.3 Å². The van der Waals surface area contributed by atoms with E-state index in [-0.39, 0.29) is 31.3 Å². The minimum absolute atomic E-state index is 0.0259. The number of nitrogens with zero attached hydrogens (tertiary/aromatic N) is 1. The Morgan fingerprint density at radius 2 is 1.92 bits per heavy atom. The maximum atomic E-state index is 12.2. The molecule has 0 radical (unpaired) electrons. The molecule has 0 saturated carbocycles. The van der Waals surface area contributed by atoms with Gasteiger partial charge in [-0.3, -0.25) is 9.59 Å². The molecule has 1 amide bonds. The lowest BCUT2D eigenvalue weighted by Gasteiger charge is -2.17. The molecular formula is C18H19NO4S. The van der Waals surface area contributed by atoms with Gasteiger partial charge in [0.25, 0.3) is 0 Å². The van der Waals surface area contributed by atoms with Crippen molar-refractivity contribution >= 4 is 23.0 Å². The van der Waals surface area contributed by atoms with Crippen molar-refractivity contribution in [3.05, 3.63) is 45.6 Å². The van der Waals surface area contributed by atoms with Crippen LogP contribution in [0.2, 0.25) is 0 Å². The van der Waals surface area contributed by atoms with E-state index in [1.807, 2.05) is 37.3 Å². The normalized spacial score (nSPS) is 12.2. The molecule has 1 aliphatic rings. The van der Waals surface area contributed by atoms with Crippen molar-refractivity contribution in [2.45, 2.75) is 26.3 Å². The molecule has 3 rings (SSSR count). The highest BCUT2D eigenvalue weighted by atomic mass is 32.1. The third kappa shape index (κ3) is 3.76. The van der Waals surface area contributed by atoms with Gasteiger partial charge in [0.2, 0.25) is 12.7 Å². The van der Waals surface area contributed by atoms with Gasteiger partial charge in [0, 0.05) is 31.3 Å². The van der Waals surface area contributed by atoms with Crippen molar-refractivity contribution in [3.63, 3.8) is 0 Å². The van der Waals surface area contributed by atoms with Crippen molar-refractivity contribution < 1.29 is 19.1 Å². The molecule has 126 valence electrons. The Morgan fingerprint density at radius 3 is 2.67 bits per heavy atom. The largest absolute Gasteiger partial charge is 0.454 e. The summed E-state index contributed by atoms with van der Waals surface area (Å²) in [4.78, 5) is 27.8. The molecule has 0 N–H and O–H groups in total. The van der Waals surface area contributed by atoms with E-state index in [2.05, 4.69) is 0 Å². The monoisotopic (exact) mass is 345 g/mol. The van der Waals surface area contributed by atoms with Crippen LogP contribution in [-0.2, 0) is 11.3 Å². The predicted molar refractivity (Wildman–Crippen MR) is 91.7 cm³/mol. The van der Waals surface area contributed by atoms with E-state index < -0.39 is 0 Å². The van der Waals surface area contributed by atoms with Crippen molar-refractivity contribution in [1.29, 1.82) is 0 Å². The van der Waals surface area contributed by atoms with E-state index in [9.17, 15) is 9.59 Å². The molecule has 0 saturated heterocycles. The average Bonchev–Trinajstić information content (AvgIpc) is 3.20. The standard InChI is InChI=1S/C18H19NO4S/c1-12-3-7-17(24-12)14(20)5-8-18(21)19(2)10-13-4-6-15-16(9-13)23-11-22-15/h3-4,6-7,9H,5,8,10-11H2,1-2H3. The average molecular weight is 345 g/mol. The fourth-order valence-electron chi connectivity index (χ4n) is 2.52. The van der Waals surface area contributed by atoms with Crippen molar-refractivity contribution in [3.8, 4) is 11.5 Å². The third-order valence-electron chi connectivity index (χ3n) is 3.86. The van der Waals surface area contributed by atoms with Gasteiger partial charge in [-0.2, -0.15) is 0 Å². The lowest BCUT2D eigenvalue weighted by Crippen LogP contribution is -2.26. The number of carbonyl (C=O) groups is 2. The van der Waals surface area contributed by atoms with Gasteiger partial charge in [-0.1, -0.05) is 6.07 Å². The number of thiophene rings is 1. The number of rotatable bonds is 6. The van der Waals surface area contributed by atoms with Crippen LogP contribution in [0.1, 0.15) is 33.0 Å². The summed E-state index contributed by atoms with van der Waals surface area (Å²) in [5, 5.41) is 0. The van der Waals surface area contributed by atoms with Crippen LogP contribution in [0.5, 0.6) is 11.5 Å². The Kier molecular flexibility index (Phi) is 4.85. The first kappa shape index (κ1) is 16.5. The Morgan fingerprint density at radius 1 is 1.12 bits per heavy atom. The molecule has 1 aromatic carbocycles. The van der Waals surface area contributed by atoms with Crippen molar-refractivity contribution in [2.24, 2.45) is 0 Å². The zero-order chi connectivity index (χ0) is 17.1. The first-order chi connectivity index (χ1) is 11.5. The van der Waals surface area contributed by atoms with Gasteiger partial charge in [-0.05, 0) is 36.8 Å². The number of hydrogen-bond acceptors (Lipinski definition) is 5. The number of hydrogen-bond donors (Lipinski definition) is 0. The van der Waals surface area contributed by atoms with Gasteiger partial charge >= 0.3 is 0 Å². The van der Waals surface area contributed by atoms with Crippen LogP contribution in [-0.4, -0.2) is 30.4 Å². The van der Waals surface area contributed by atoms with E-state index in [0.29, 0.717) is 12.3 Å². The number of carbonyl (C=O) groups excluding carboxylic acids is 2. The zero-order valence-corrected chi connectivity index (χ0v) is 14.5. The molecule has 5 nitrogen and oxygen atoms in total. The Balaban J connectivity index is 1.52. The molecule has 0 unspecified atom stereocenters. The summed E-state index contributed by atoms with van der Waals surface area (Å²) in [6, 6.07) is 9.38. The van der Waals surface area contributed by atoms with Crippen LogP contribution in [0.4, 0.5) is 0 Å². The van der Waals surface area contributed by atoms with Gasteiger partial charge in [0.1, 0.15) is 0 Å². The molecule has 6 heteroatoms. The van der Waals surface area contributed by atoms with E-state index in [1.54, 1.807) is 11.9 Å². The van der Waals surface area contributed by atoms with Crippen molar-refractivity contribution in [1.82, 2.24) is 4.90 Å². The number of fused-ring (bicyclic) bond motifs is 1. The second-order valence-corrected chi connectivity index (χ2v) is 7.06. The minimum atomic E-state index is -0.0469. The fourth-order valence-corrected chi connectivity index (χ4v) is 3.36. The number of benzene rings is 1. The van der Waals surface area contributed by atoms with Gasteiger partial charge in [0.15, 0.2) is 17.3 Å². The van der Waals surface area contributed by atoms with E-state index >= 15 is 0 Å². The van der Waals surface area contributed by atoms with Crippen LogP contribution >= 0.6 is 11.3 Å². The maximum Gasteiger partial charge on any atom is 0.231 e.